The fraction of sp³-hybridized carbons (Fsp3) is 0.933. The molecule has 0 heterocycles. The van der Waals surface area contributed by atoms with Crippen molar-refractivity contribution in [2.75, 3.05) is 18.1 Å². The van der Waals surface area contributed by atoms with Crippen LogP contribution in [0.5, 0.6) is 0 Å². The third kappa shape index (κ3) is 4.48. The summed E-state index contributed by atoms with van der Waals surface area (Å²) in [5, 5.41) is 12.9. The summed E-state index contributed by atoms with van der Waals surface area (Å²) in [4.78, 5) is 0. The molecule has 0 bridgehead atoms. The van der Waals surface area contributed by atoms with Gasteiger partial charge in [0.05, 0.1) is 6.07 Å². The van der Waals surface area contributed by atoms with E-state index in [0.29, 0.717) is 5.92 Å². The predicted octanol–water partition coefficient (Wildman–Crippen LogP) is 3.83. The maximum Gasteiger partial charge on any atom is 0.109 e. The zero-order valence-corrected chi connectivity index (χ0v) is 13.0. The van der Waals surface area contributed by atoms with Crippen molar-refractivity contribution in [3.05, 3.63) is 0 Å². The monoisotopic (exact) mass is 268 g/mol. The average molecular weight is 268 g/mol. The Labute approximate surface area is 117 Å². The van der Waals surface area contributed by atoms with E-state index in [9.17, 15) is 5.26 Å². The summed E-state index contributed by atoms with van der Waals surface area (Å²) in [5.41, 5.74) is -0.215. The second-order valence-electron chi connectivity index (χ2n) is 5.79. The Hall–Kier alpha value is -0.200. The first-order chi connectivity index (χ1) is 8.64. The lowest BCUT2D eigenvalue weighted by molar-refractivity contribution is 0.317. The molecule has 2 unspecified atom stereocenters. The fourth-order valence-corrected chi connectivity index (χ4v) is 4.14. The van der Waals surface area contributed by atoms with E-state index < -0.39 is 0 Å². The number of rotatable bonds is 8. The molecule has 2 atom stereocenters. The number of nitriles is 1. The minimum atomic E-state index is -0.215. The van der Waals surface area contributed by atoms with E-state index in [4.69, 9.17) is 0 Å². The third-order valence-corrected chi connectivity index (χ3v) is 5.01. The summed E-state index contributed by atoms with van der Waals surface area (Å²) in [6.45, 7) is 7.57. The molecule has 1 aliphatic carbocycles. The van der Waals surface area contributed by atoms with Gasteiger partial charge in [-0.25, -0.2) is 0 Å². The molecule has 18 heavy (non-hydrogen) atoms. The number of hydrogen-bond acceptors (Lipinski definition) is 3. The van der Waals surface area contributed by atoms with Gasteiger partial charge in [0.2, 0.25) is 0 Å². The van der Waals surface area contributed by atoms with Crippen molar-refractivity contribution in [2.24, 2.45) is 11.8 Å². The van der Waals surface area contributed by atoms with Gasteiger partial charge in [-0.15, -0.1) is 0 Å². The molecule has 2 nitrogen and oxygen atoms in total. The molecule has 1 fully saturated rings. The highest BCUT2D eigenvalue weighted by Crippen LogP contribution is 2.38. The highest BCUT2D eigenvalue weighted by molar-refractivity contribution is 7.99. The first kappa shape index (κ1) is 15.9. The molecular weight excluding hydrogens is 240 g/mol. The summed E-state index contributed by atoms with van der Waals surface area (Å²) in [7, 11) is 0. The van der Waals surface area contributed by atoms with Gasteiger partial charge in [0.15, 0.2) is 0 Å². The largest absolute Gasteiger partial charge is 0.299 e. The number of nitrogens with zero attached hydrogens (tertiary/aromatic N) is 1. The molecule has 0 aromatic carbocycles. The molecule has 0 aromatic heterocycles. The molecule has 0 aliphatic heterocycles. The first-order valence-corrected chi connectivity index (χ1v) is 8.54. The smallest absolute Gasteiger partial charge is 0.109 e. The van der Waals surface area contributed by atoms with Crippen molar-refractivity contribution in [3.63, 3.8) is 0 Å². The van der Waals surface area contributed by atoms with E-state index in [1.807, 2.05) is 0 Å². The van der Waals surface area contributed by atoms with Crippen LogP contribution in [0.2, 0.25) is 0 Å². The standard InChI is InChI=1S/C15H28N2S/c1-4-17-15(12-16)9-5-6-14(15)8-11-18-10-7-13(2)3/h13-14,17H,4-11H2,1-3H3. The molecule has 0 saturated heterocycles. The molecule has 0 aromatic rings. The zero-order chi connectivity index (χ0) is 13.4. The Bertz CT molecular complexity index is 272. The molecular formula is C15H28N2S. The Morgan fingerprint density at radius 1 is 1.44 bits per heavy atom. The minimum Gasteiger partial charge on any atom is -0.299 e. The van der Waals surface area contributed by atoms with E-state index in [1.54, 1.807) is 0 Å². The molecule has 1 aliphatic rings. The summed E-state index contributed by atoms with van der Waals surface area (Å²) < 4.78 is 0. The summed E-state index contributed by atoms with van der Waals surface area (Å²) in [6.07, 6.45) is 5.99. The number of nitrogens with one attached hydrogen (secondary N) is 1. The maximum absolute atomic E-state index is 9.47. The van der Waals surface area contributed by atoms with Crippen LogP contribution < -0.4 is 5.32 Å². The highest BCUT2D eigenvalue weighted by atomic mass is 32.2. The Morgan fingerprint density at radius 2 is 2.22 bits per heavy atom. The van der Waals surface area contributed by atoms with Gasteiger partial charge in [0.25, 0.3) is 0 Å². The summed E-state index contributed by atoms with van der Waals surface area (Å²) in [6, 6.07) is 2.57. The quantitative estimate of drug-likeness (QED) is 0.680. The average Bonchev–Trinajstić information content (AvgIpc) is 2.73. The summed E-state index contributed by atoms with van der Waals surface area (Å²) >= 11 is 2.06. The van der Waals surface area contributed by atoms with Crippen LogP contribution in [-0.4, -0.2) is 23.6 Å². The lowest BCUT2D eigenvalue weighted by Crippen LogP contribution is -2.47. The van der Waals surface area contributed by atoms with Gasteiger partial charge in [0.1, 0.15) is 5.54 Å². The molecule has 1 rings (SSSR count). The van der Waals surface area contributed by atoms with Crippen molar-refractivity contribution < 1.29 is 0 Å². The molecule has 0 spiro atoms. The fourth-order valence-electron chi connectivity index (χ4n) is 2.85. The molecule has 1 saturated carbocycles. The van der Waals surface area contributed by atoms with Crippen LogP contribution in [0.3, 0.4) is 0 Å². The molecule has 1 N–H and O–H groups in total. The van der Waals surface area contributed by atoms with E-state index in [2.05, 4.69) is 43.9 Å². The molecule has 0 amide bonds. The van der Waals surface area contributed by atoms with Crippen LogP contribution in [0.1, 0.15) is 52.9 Å². The first-order valence-electron chi connectivity index (χ1n) is 7.38. The third-order valence-electron chi connectivity index (χ3n) is 3.96. The predicted molar refractivity (Wildman–Crippen MR) is 80.8 cm³/mol. The molecule has 3 heteroatoms. The van der Waals surface area contributed by atoms with Crippen molar-refractivity contribution in [2.45, 2.75) is 58.4 Å². The Morgan fingerprint density at radius 3 is 2.83 bits per heavy atom. The Balaban J connectivity index is 2.30. The van der Waals surface area contributed by atoms with Crippen molar-refractivity contribution in [3.8, 4) is 6.07 Å². The van der Waals surface area contributed by atoms with Crippen LogP contribution in [-0.2, 0) is 0 Å². The van der Waals surface area contributed by atoms with Crippen molar-refractivity contribution in [1.82, 2.24) is 5.32 Å². The lowest BCUT2D eigenvalue weighted by Gasteiger charge is -2.29. The van der Waals surface area contributed by atoms with E-state index in [-0.39, 0.29) is 5.54 Å². The number of hydrogen-bond donors (Lipinski definition) is 1. The SMILES string of the molecule is CCNC1(C#N)CCCC1CCSCCC(C)C. The second-order valence-corrected chi connectivity index (χ2v) is 7.01. The van der Waals surface area contributed by atoms with Crippen LogP contribution in [0.25, 0.3) is 0 Å². The minimum absolute atomic E-state index is 0.215. The maximum atomic E-state index is 9.47. The van der Waals surface area contributed by atoms with Gasteiger partial charge in [0, 0.05) is 0 Å². The van der Waals surface area contributed by atoms with E-state index in [0.717, 1.165) is 18.9 Å². The van der Waals surface area contributed by atoms with Gasteiger partial charge < -0.3 is 0 Å². The highest BCUT2D eigenvalue weighted by Gasteiger charge is 2.41. The van der Waals surface area contributed by atoms with E-state index >= 15 is 0 Å². The van der Waals surface area contributed by atoms with Crippen LogP contribution in [0.15, 0.2) is 0 Å². The number of thioether (sulfide) groups is 1. The van der Waals surface area contributed by atoms with E-state index in [1.165, 1.54) is 37.2 Å². The zero-order valence-electron chi connectivity index (χ0n) is 12.2. The molecule has 0 radical (unpaired) electrons. The lowest BCUT2D eigenvalue weighted by atomic mass is 9.86. The van der Waals surface area contributed by atoms with Gasteiger partial charge in [-0.3, -0.25) is 5.32 Å². The summed E-state index contributed by atoms with van der Waals surface area (Å²) in [5.74, 6) is 3.86. The molecule has 104 valence electrons. The van der Waals surface area contributed by atoms with Crippen LogP contribution >= 0.6 is 11.8 Å². The normalized spacial score (nSPS) is 27.6. The Kier molecular flexibility index (Phi) is 7.11. The van der Waals surface area contributed by atoms with Crippen molar-refractivity contribution >= 4 is 11.8 Å². The van der Waals surface area contributed by atoms with Gasteiger partial charge >= 0.3 is 0 Å². The van der Waals surface area contributed by atoms with Gasteiger partial charge in [-0.1, -0.05) is 27.2 Å². The van der Waals surface area contributed by atoms with Crippen LogP contribution in [0.4, 0.5) is 0 Å². The second kappa shape index (κ2) is 8.07. The van der Waals surface area contributed by atoms with Gasteiger partial charge in [-0.2, -0.15) is 17.0 Å². The van der Waals surface area contributed by atoms with Gasteiger partial charge in [-0.05, 0) is 55.6 Å². The van der Waals surface area contributed by atoms with Crippen LogP contribution in [0, 0.1) is 23.2 Å². The van der Waals surface area contributed by atoms with Crippen molar-refractivity contribution in [1.29, 1.82) is 5.26 Å². The topological polar surface area (TPSA) is 35.8 Å².